The number of para-hydroxylation sites is 1. The van der Waals surface area contributed by atoms with Crippen LogP contribution < -0.4 is 10.0 Å². The maximum absolute atomic E-state index is 12.5. The highest BCUT2D eigenvalue weighted by Crippen LogP contribution is 2.27. The monoisotopic (exact) mass is 373 g/mol. The number of rotatable bonds is 5. The normalized spacial score (nSPS) is 16.0. The Kier molecular flexibility index (Phi) is 5.71. The van der Waals surface area contributed by atoms with E-state index in [1.54, 1.807) is 29.2 Å². The summed E-state index contributed by atoms with van der Waals surface area (Å²) in [6, 6.07) is 6.46. The lowest BCUT2D eigenvalue weighted by molar-refractivity contribution is -0.133. The van der Waals surface area contributed by atoms with Gasteiger partial charge in [0, 0.05) is 19.0 Å². The summed E-state index contributed by atoms with van der Waals surface area (Å²) in [5.74, 6) is -0.928. The molecule has 2 rings (SSSR count). The molecule has 0 saturated carbocycles. The minimum Gasteiger partial charge on any atom is -0.369 e. The van der Waals surface area contributed by atoms with Gasteiger partial charge in [-0.05, 0) is 25.0 Å². The van der Waals surface area contributed by atoms with E-state index in [0.717, 1.165) is 10.6 Å². The molecule has 1 aliphatic heterocycles. The SMILES string of the molecule is CS(=O)(=O)N(CC(=O)N1CCC(C(N)=O)CC1)c1ccccc1Cl. The number of likely N-dealkylation sites (tertiary alicyclic amines) is 1. The summed E-state index contributed by atoms with van der Waals surface area (Å²) in [6.45, 7) is 0.433. The Balaban J connectivity index is 2.12. The van der Waals surface area contributed by atoms with Gasteiger partial charge >= 0.3 is 0 Å². The van der Waals surface area contributed by atoms with E-state index in [9.17, 15) is 18.0 Å². The van der Waals surface area contributed by atoms with Gasteiger partial charge in [0.15, 0.2) is 0 Å². The Bertz CT molecular complexity index is 730. The number of nitrogens with zero attached hydrogens (tertiary/aromatic N) is 2. The van der Waals surface area contributed by atoms with Crippen LogP contribution in [0.4, 0.5) is 5.69 Å². The number of piperidine rings is 1. The van der Waals surface area contributed by atoms with Crippen LogP contribution in [0.3, 0.4) is 0 Å². The van der Waals surface area contributed by atoms with Crippen LogP contribution in [0.2, 0.25) is 5.02 Å². The van der Waals surface area contributed by atoms with Gasteiger partial charge < -0.3 is 10.6 Å². The zero-order valence-electron chi connectivity index (χ0n) is 13.3. The van der Waals surface area contributed by atoms with Gasteiger partial charge in [0.2, 0.25) is 21.8 Å². The lowest BCUT2D eigenvalue weighted by atomic mass is 9.96. The van der Waals surface area contributed by atoms with Crippen molar-refractivity contribution in [2.45, 2.75) is 12.8 Å². The van der Waals surface area contributed by atoms with E-state index in [1.807, 2.05) is 0 Å². The van der Waals surface area contributed by atoms with Crippen LogP contribution in [0.5, 0.6) is 0 Å². The number of carbonyl (C=O) groups excluding carboxylic acids is 2. The smallest absolute Gasteiger partial charge is 0.243 e. The van der Waals surface area contributed by atoms with Gasteiger partial charge in [-0.15, -0.1) is 0 Å². The molecule has 132 valence electrons. The van der Waals surface area contributed by atoms with Gasteiger partial charge in [-0.1, -0.05) is 23.7 Å². The number of halogens is 1. The summed E-state index contributed by atoms with van der Waals surface area (Å²) in [5, 5.41) is 0.253. The first-order chi connectivity index (χ1) is 11.2. The number of carbonyl (C=O) groups is 2. The topological polar surface area (TPSA) is 101 Å². The standard InChI is InChI=1S/C15H20ClN3O4S/c1-24(22,23)19(13-5-3-2-4-12(13)16)10-14(20)18-8-6-11(7-9-18)15(17)21/h2-5,11H,6-10H2,1H3,(H2,17,21). The third kappa shape index (κ3) is 4.39. The first-order valence-corrected chi connectivity index (χ1v) is 9.72. The van der Waals surface area contributed by atoms with E-state index >= 15 is 0 Å². The second-order valence-corrected chi connectivity index (χ2v) is 8.09. The van der Waals surface area contributed by atoms with Gasteiger partial charge in [-0.25, -0.2) is 8.42 Å². The minimum atomic E-state index is -3.67. The highest BCUT2D eigenvalue weighted by molar-refractivity contribution is 7.92. The first-order valence-electron chi connectivity index (χ1n) is 7.49. The van der Waals surface area contributed by atoms with E-state index in [-0.39, 0.29) is 35.0 Å². The van der Waals surface area contributed by atoms with E-state index in [4.69, 9.17) is 17.3 Å². The van der Waals surface area contributed by atoms with Gasteiger partial charge in [0.25, 0.3) is 0 Å². The molecule has 24 heavy (non-hydrogen) atoms. The third-order valence-electron chi connectivity index (χ3n) is 4.05. The van der Waals surface area contributed by atoms with Crippen molar-refractivity contribution in [3.05, 3.63) is 29.3 Å². The molecule has 7 nitrogen and oxygen atoms in total. The summed E-state index contributed by atoms with van der Waals surface area (Å²) in [4.78, 5) is 25.2. The molecule has 9 heteroatoms. The van der Waals surface area contributed by atoms with E-state index < -0.39 is 10.0 Å². The molecule has 0 atom stereocenters. The Morgan fingerprint density at radius 3 is 2.38 bits per heavy atom. The predicted molar refractivity (Wildman–Crippen MR) is 92.1 cm³/mol. The molecule has 2 N–H and O–H groups in total. The summed E-state index contributed by atoms with van der Waals surface area (Å²) in [7, 11) is -3.67. The molecule has 0 spiro atoms. The largest absolute Gasteiger partial charge is 0.369 e. The van der Waals surface area contributed by atoms with Crippen LogP contribution in [-0.4, -0.2) is 51.0 Å². The Labute approximate surface area is 146 Å². The van der Waals surface area contributed by atoms with Crippen molar-refractivity contribution < 1.29 is 18.0 Å². The summed E-state index contributed by atoms with van der Waals surface area (Å²) >= 11 is 6.07. The molecule has 0 radical (unpaired) electrons. The fourth-order valence-electron chi connectivity index (χ4n) is 2.67. The molecule has 1 aromatic rings. The van der Waals surface area contributed by atoms with Gasteiger partial charge in [-0.2, -0.15) is 0 Å². The molecule has 1 saturated heterocycles. The fraction of sp³-hybridized carbons (Fsp3) is 0.467. The Morgan fingerprint density at radius 2 is 1.88 bits per heavy atom. The zero-order chi connectivity index (χ0) is 17.9. The summed E-state index contributed by atoms with van der Waals surface area (Å²) in [5.41, 5.74) is 5.54. The number of sulfonamides is 1. The number of nitrogens with two attached hydrogens (primary N) is 1. The van der Waals surface area contributed by atoms with Crippen molar-refractivity contribution in [3.63, 3.8) is 0 Å². The average molecular weight is 374 g/mol. The van der Waals surface area contributed by atoms with Crippen LogP contribution >= 0.6 is 11.6 Å². The second-order valence-electron chi connectivity index (χ2n) is 5.78. The average Bonchev–Trinajstić information content (AvgIpc) is 2.52. The molecule has 2 amide bonds. The number of anilines is 1. The molecule has 1 heterocycles. The maximum Gasteiger partial charge on any atom is 0.243 e. The first kappa shape index (κ1) is 18.5. The van der Waals surface area contributed by atoms with E-state index in [2.05, 4.69) is 0 Å². The summed E-state index contributed by atoms with van der Waals surface area (Å²) < 4.78 is 25.2. The number of amides is 2. The van der Waals surface area contributed by atoms with Crippen LogP contribution in [0, 0.1) is 5.92 Å². The second kappa shape index (κ2) is 7.40. The quantitative estimate of drug-likeness (QED) is 0.825. The van der Waals surface area contributed by atoms with Crippen molar-refractivity contribution in [1.29, 1.82) is 0 Å². The van der Waals surface area contributed by atoms with E-state index in [1.165, 1.54) is 0 Å². The van der Waals surface area contributed by atoms with E-state index in [0.29, 0.717) is 25.9 Å². The predicted octanol–water partition coefficient (Wildman–Crippen LogP) is 0.830. The Hall–Kier alpha value is -1.80. The lowest BCUT2D eigenvalue weighted by Gasteiger charge is -2.32. The molecule has 0 bridgehead atoms. The van der Waals surface area contributed by atoms with Crippen molar-refractivity contribution in [1.82, 2.24) is 4.90 Å². The molecule has 0 aliphatic carbocycles. The lowest BCUT2D eigenvalue weighted by Crippen LogP contribution is -2.47. The molecule has 0 unspecified atom stereocenters. The molecule has 1 aromatic carbocycles. The zero-order valence-corrected chi connectivity index (χ0v) is 14.9. The van der Waals surface area contributed by atoms with Crippen molar-refractivity contribution in [2.75, 3.05) is 30.2 Å². The van der Waals surface area contributed by atoms with Gasteiger partial charge in [0.1, 0.15) is 6.54 Å². The highest BCUT2D eigenvalue weighted by atomic mass is 35.5. The Morgan fingerprint density at radius 1 is 1.29 bits per heavy atom. The van der Waals surface area contributed by atoms with Crippen LogP contribution in [-0.2, 0) is 19.6 Å². The molecule has 1 fully saturated rings. The van der Waals surface area contributed by atoms with Gasteiger partial charge in [-0.3, -0.25) is 13.9 Å². The maximum atomic E-state index is 12.5. The number of primary amides is 1. The molecular weight excluding hydrogens is 354 g/mol. The third-order valence-corrected chi connectivity index (χ3v) is 5.50. The molecule has 0 aromatic heterocycles. The fourth-order valence-corrected chi connectivity index (χ4v) is 3.82. The molecule has 1 aliphatic rings. The summed E-state index contributed by atoms with van der Waals surface area (Å²) in [6.07, 6.45) is 2.01. The highest BCUT2D eigenvalue weighted by Gasteiger charge is 2.29. The number of hydrogen-bond acceptors (Lipinski definition) is 4. The van der Waals surface area contributed by atoms with Crippen molar-refractivity contribution in [2.24, 2.45) is 11.7 Å². The van der Waals surface area contributed by atoms with Gasteiger partial charge in [0.05, 0.1) is 17.0 Å². The van der Waals surface area contributed by atoms with Crippen LogP contribution in [0.15, 0.2) is 24.3 Å². The van der Waals surface area contributed by atoms with Crippen LogP contribution in [0.25, 0.3) is 0 Å². The van der Waals surface area contributed by atoms with Crippen LogP contribution in [0.1, 0.15) is 12.8 Å². The van der Waals surface area contributed by atoms with Crippen molar-refractivity contribution >= 4 is 39.1 Å². The number of benzene rings is 1. The number of hydrogen-bond donors (Lipinski definition) is 1. The van der Waals surface area contributed by atoms with Crippen molar-refractivity contribution in [3.8, 4) is 0 Å². The minimum absolute atomic E-state index is 0.233. The molecular formula is C15H20ClN3O4S.